The fourth-order valence-electron chi connectivity index (χ4n) is 6.15. The van der Waals surface area contributed by atoms with Gasteiger partial charge in [-0.2, -0.15) is 9.98 Å². The summed E-state index contributed by atoms with van der Waals surface area (Å²) in [6, 6.07) is 0. The molecule has 27 nitrogen and oxygen atoms in total. The van der Waals surface area contributed by atoms with Crippen LogP contribution >= 0.6 is 22.4 Å². The number of aromatic amines is 1. The normalized spacial score (nSPS) is 31.2. The number of hydrogen-bond acceptors (Lipinski definition) is 21. The number of aromatic nitrogens is 4. The summed E-state index contributed by atoms with van der Waals surface area (Å²) in [4.78, 5) is 72.3. The highest BCUT2D eigenvalue weighted by Crippen LogP contribution is 2.68. The van der Waals surface area contributed by atoms with Crippen LogP contribution in [0.2, 0.25) is 0 Å². The Balaban J connectivity index is 1.19. The lowest BCUT2D eigenvalue weighted by atomic mass is 9.98. The number of carbonyl (C=O) groups excluding carboxylic acids is 1. The largest absolute Gasteiger partial charge is 0.479 e. The average molecular weight is 879 g/mol. The number of aliphatic imine (C=N–C) groups is 1. The van der Waals surface area contributed by atoms with Gasteiger partial charge >= 0.3 is 22.4 Å². The van der Waals surface area contributed by atoms with E-state index in [2.05, 4.69) is 40.4 Å². The van der Waals surface area contributed by atoms with Gasteiger partial charge in [-0.1, -0.05) is 6.92 Å². The van der Waals surface area contributed by atoms with E-state index >= 15 is 0 Å². The van der Waals surface area contributed by atoms with Crippen LogP contribution in [0.4, 0.5) is 5.95 Å². The number of hydrogen-bond donors (Lipinski definition) is 11. The maximum atomic E-state index is 12.8. The first-order valence-electron chi connectivity index (χ1n) is 16.2. The Morgan fingerprint density at radius 3 is 2.21 bits per heavy atom. The van der Waals surface area contributed by atoms with Crippen molar-refractivity contribution in [3.8, 4) is 0 Å². The van der Waals surface area contributed by atoms with Gasteiger partial charge in [-0.3, -0.25) is 23.4 Å². The van der Waals surface area contributed by atoms with Gasteiger partial charge in [0.25, 0.3) is 5.56 Å². The van der Waals surface area contributed by atoms with Crippen LogP contribution in [0.25, 0.3) is 11.2 Å². The Morgan fingerprint density at radius 2 is 1.66 bits per heavy atom. The molecule has 3 aliphatic heterocycles. The zero-order chi connectivity index (χ0) is 41.7. The van der Waals surface area contributed by atoms with Gasteiger partial charge in [-0.25, -0.2) is 22.7 Å². The van der Waals surface area contributed by atoms with E-state index in [1.54, 1.807) is 18.9 Å². The molecule has 0 amide bonds. The lowest BCUT2D eigenvalue weighted by Crippen LogP contribution is -2.41. The quantitative estimate of drug-likeness (QED) is 0.0337. The van der Waals surface area contributed by atoms with E-state index in [0.29, 0.717) is 6.29 Å². The number of likely N-dealkylation sites (N-methyl/N-ethyl adjacent to an activating group) is 1. The third-order valence-electron chi connectivity index (χ3n) is 8.83. The summed E-state index contributed by atoms with van der Waals surface area (Å²) >= 11 is 4.60. The second kappa shape index (κ2) is 16.3. The van der Waals surface area contributed by atoms with Gasteiger partial charge in [-0.15, -0.1) is 0 Å². The molecule has 314 valence electrons. The number of aliphatic hydroxyl groups is 4. The van der Waals surface area contributed by atoms with Gasteiger partial charge in [0.2, 0.25) is 5.95 Å². The number of imidazole rings is 1. The van der Waals surface area contributed by atoms with Gasteiger partial charge in [0, 0.05) is 7.05 Å². The zero-order valence-corrected chi connectivity index (χ0v) is 33.0. The third kappa shape index (κ3) is 9.32. The summed E-state index contributed by atoms with van der Waals surface area (Å²) in [5.41, 5.74) is 14.6. The molecule has 5 heterocycles. The summed E-state index contributed by atoms with van der Waals surface area (Å²) in [5, 5.41) is 43.0. The SMILES string of the molecule is CCC(C)(O)C1=C(N=C(N)N)N([C@@H]2O[C@H](COP(=O)(O)OP(O)(=S)OP(=O)(O)OCC3OC(n4cnc5c(=O)[nH]c(N)nc54)C(O)C3O)C(O)C2C=O)CN1C. The Bertz CT molecular complexity index is 2080. The Labute approximate surface area is 320 Å². The minimum absolute atomic E-state index is 0.0208. The number of ether oxygens (including phenoxy) is 2. The second-order valence-electron chi connectivity index (χ2n) is 12.9. The van der Waals surface area contributed by atoms with Crippen LogP contribution in [-0.2, 0) is 52.9 Å². The molecule has 56 heavy (non-hydrogen) atoms. The standard InChI is InChI=1S/C25H41N10O17P3S/c1-4-25(2,41)17-19(30-23(26)27)35(9-33(17)3)21-10(5-36)14(37)11(49-21)6-47-53(42,43)51-55(46,56)52-54(44,45)48-7-12-15(38)16(39)22(50-12)34-8-29-13-18(34)31-24(28)32-20(13)40/h5,8,10-12,14-16,21-22,37-39,41H,4,6-7,9H2,1-3H3,(H,42,43)(H,44,45)(H,46,56)(H4,26,27,30)(H3,28,31,32,40)/t10?,11-,12?,14?,15?,16?,21-,22?,25?,55?/m1/s1. The minimum atomic E-state index is -5.51. The van der Waals surface area contributed by atoms with Gasteiger partial charge < -0.3 is 76.4 Å². The molecule has 0 spiro atoms. The smallest absolute Gasteiger partial charge is 0.389 e. The van der Waals surface area contributed by atoms with E-state index in [9.17, 15) is 53.8 Å². The van der Waals surface area contributed by atoms with Crippen molar-refractivity contribution in [1.82, 2.24) is 29.3 Å². The van der Waals surface area contributed by atoms with Crippen LogP contribution in [0.1, 0.15) is 26.5 Å². The van der Waals surface area contributed by atoms with E-state index in [-0.39, 0.29) is 41.7 Å². The lowest BCUT2D eigenvalue weighted by Gasteiger charge is -2.29. The molecule has 3 aliphatic rings. The van der Waals surface area contributed by atoms with Crippen molar-refractivity contribution < 1.29 is 76.2 Å². The molecule has 0 radical (unpaired) electrons. The first-order valence-corrected chi connectivity index (χ1v) is 21.8. The van der Waals surface area contributed by atoms with Crippen LogP contribution in [0.3, 0.4) is 0 Å². The fraction of sp³-hybridized carbons (Fsp3) is 0.640. The molecule has 31 heteroatoms. The van der Waals surface area contributed by atoms with E-state index in [4.69, 9.17) is 35.7 Å². The molecule has 0 aromatic carbocycles. The Kier molecular flexibility index (Phi) is 12.9. The van der Waals surface area contributed by atoms with Gasteiger partial charge in [-0.05, 0) is 25.2 Å². The second-order valence-corrected chi connectivity index (χ2v) is 18.9. The highest BCUT2D eigenvalue weighted by molar-refractivity contribution is 8.09. The molecule has 0 aliphatic carbocycles. The molecule has 2 saturated heterocycles. The van der Waals surface area contributed by atoms with E-state index in [1.165, 1.54) is 11.8 Å². The first kappa shape index (κ1) is 44.1. The number of phosphoric ester groups is 2. The fourth-order valence-corrected chi connectivity index (χ4v) is 11.2. The van der Waals surface area contributed by atoms with Crippen molar-refractivity contribution in [3.05, 3.63) is 28.2 Å². The van der Waals surface area contributed by atoms with Crippen LogP contribution < -0.4 is 22.8 Å². The predicted molar refractivity (Wildman–Crippen MR) is 191 cm³/mol. The number of guanidine groups is 1. The number of rotatable bonds is 16. The summed E-state index contributed by atoms with van der Waals surface area (Å²) in [7, 11) is -9.41. The van der Waals surface area contributed by atoms with Crippen molar-refractivity contribution >= 4 is 63.5 Å². The number of carbonyl (C=O) groups is 1. The van der Waals surface area contributed by atoms with Crippen molar-refractivity contribution in [3.63, 3.8) is 0 Å². The molecular weight excluding hydrogens is 837 g/mol. The molecule has 14 N–H and O–H groups in total. The first-order chi connectivity index (χ1) is 25.9. The van der Waals surface area contributed by atoms with Crippen molar-refractivity contribution in [2.45, 2.75) is 68.8 Å². The summed E-state index contributed by atoms with van der Waals surface area (Å²) < 4.78 is 56.4. The maximum absolute atomic E-state index is 12.8. The van der Waals surface area contributed by atoms with Gasteiger partial charge in [0.15, 0.2) is 29.2 Å². The number of fused-ring (bicyclic) bond motifs is 1. The number of nitrogens with one attached hydrogen (secondary N) is 1. The molecule has 0 saturated carbocycles. The number of aliphatic hydroxyl groups excluding tert-OH is 3. The molecule has 2 aromatic rings. The number of nitrogens with zero attached hydrogens (tertiary/aromatic N) is 6. The summed E-state index contributed by atoms with van der Waals surface area (Å²) in [5.74, 6) is -2.00. The molecular formula is C25H41N10O17P3S. The highest BCUT2D eigenvalue weighted by Gasteiger charge is 2.52. The van der Waals surface area contributed by atoms with Crippen LogP contribution in [-0.4, -0.2) is 146 Å². The number of phosphoric acid groups is 2. The van der Waals surface area contributed by atoms with Crippen molar-refractivity contribution in [2.24, 2.45) is 22.4 Å². The van der Waals surface area contributed by atoms with Crippen molar-refractivity contribution in [1.29, 1.82) is 0 Å². The Morgan fingerprint density at radius 1 is 1.09 bits per heavy atom. The topological polar surface area (TPSA) is 409 Å². The highest BCUT2D eigenvalue weighted by atomic mass is 32.5. The van der Waals surface area contributed by atoms with Crippen LogP contribution in [0.15, 0.2) is 27.6 Å². The number of anilines is 1. The Hall–Kier alpha value is -2.98. The molecule has 2 fully saturated rings. The summed E-state index contributed by atoms with van der Waals surface area (Å²) in [6.45, 7) is -4.00. The predicted octanol–water partition coefficient (Wildman–Crippen LogP) is -3.49. The third-order valence-corrected chi connectivity index (χ3v) is 14.3. The lowest BCUT2D eigenvalue weighted by molar-refractivity contribution is -0.118. The average Bonchev–Trinajstić information content (AvgIpc) is 3.80. The molecule has 0 bridgehead atoms. The number of aldehydes is 1. The van der Waals surface area contributed by atoms with Gasteiger partial charge in [0.1, 0.15) is 42.5 Å². The zero-order valence-electron chi connectivity index (χ0n) is 29.5. The minimum Gasteiger partial charge on any atom is -0.389 e. The van der Waals surface area contributed by atoms with Gasteiger partial charge in [0.05, 0.1) is 43.9 Å². The van der Waals surface area contributed by atoms with E-state index in [0.717, 1.165) is 10.9 Å². The summed E-state index contributed by atoms with van der Waals surface area (Å²) in [6.07, 6.45) is -9.37. The number of nitrogen functional groups attached to an aromatic ring is 1. The monoisotopic (exact) mass is 878 g/mol. The molecule has 12 atom stereocenters. The van der Waals surface area contributed by atoms with Crippen LogP contribution in [0, 0.1) is 5.92 Å². The molecule has 2 aromatic heterocycles. The molecule has 5 rings (SSSR count). The number of nitrogens with two attached hydrogens (primary N) is 3. The van der Waals surface area contributed by atoms with Crippen LogP contribution in [0.5, 0.6) is 0 Å². The number of H-pyrrole nitrogens is 1. The van der Waals surface area contributed by atoms with E-state index in [1.807, 2.05) is 0 Å². The van der Waals surface area contributed by atoms with Crippen molar-refractivity contribution in [2.75, 3.05) is 32.7 Å². The molecule has 10 unspecified atom stereocenters. The maximum Gasteiger partial charge on any atom is 0.479 e. The van der Waals surface area contributed by atoms with E-state index < -0.39 is 102 Å².